The van der Waals surface area contributed by atoms with E-state index in [0.29, 0.717) is 5.95 Å². The number of nitrogens with one attached hydrogen (secondary N) is 2. The molecule has 0 aliphatic rings. The highest BCUT2D eigenvalue weighted by Crippen LogP contribution is 2.05. The summed E-state index contributed by atoms with van der Waals surface area (Å²) in [6.07, 6.45) is 10.8. The minimum atomic E-state index is -0.0177. The molecule has 0 radical (unpaired) electrons. The number of rotatable bonds is 11. The van der Waals surface area contributed by atoms with Crippen LogP contribution >= 0.6 is 0 Å². The van der Waals surface area contributed by atoms with Crippen molar-refractivity contribution in [2.24, 2.45) is 0 Å². The highest BCUT2D eigenvalue weighted by molar-refractivity contribution is 5.75. The number of H-pyrrole nitrogens is 1. The molecule has 0 saturated heterocycles. The van der Waals surface area contributed by atoms with Crippen LogP contribution in [-0.2, 0) is 24.2 Å². The number of nitrogens with two attached hydrogens (primary N) is 1. The molecule has 8 nitrogen and oxygen atoms in total. The Labute approximate surface area is 142 Å². The fourth-order valence-electron chi connectivity index (χ4n) is 2.48. The predicted octanol–water partition coefficient (Wildman–Crippen LogP) is 1.46. The van der Waals surface area contributed by atoms with Gasteiger partial charge in [0.1, 0.15) is 6.54 Å². The van der Waals surface area contributed by atoms with Crippen molar-refractivity contribution in [2.75, 3.05) is 12.3 Å². The van der Waals surface area contributed by atoms with Gasteiger partial charge in [0, 0.05) is 18.4 Å². The van der Waals surface area contributed by atoms with Crippen molar-refractivity contribution in [1.82, 2.24) is 30.3 Å². The first-order chi connectivity index (χ1) is 11.7. The van der Waals surface area contributed by atoms with E-state index in [2.05, 4.69) is 32.5 Å². The van der Waals surface area contributed by atoms with Crippen molar-refractivity contribution in [3.63, 3.8) is 0 Å². The minimum absolute atomic E-state index is 0.0177. The highest BCUT2D eigenvalue weighted by Gasteiger charge is 2.06. The molecule has 0 spiro atoms. The number of imidazole rings is 1. The second-order valence-electron chi connectivity index (χ2n) is 5.97. The molecule has 132 valence electrons. The van der Waals surface area contributed by atoms with E-state index in [1.54, 1.807) is 10.9 Å². The summed E-state index contributed by atoms with van der Waals surface area (Å²) in [5.74, 6) is 0.424. The molecule has 0 fully saturated rings. The Morgan fingerprint density at radius 1 is 1.29 bits per heavy atom. The topological polar surface area (TPSA) is 115 Å². The fourth-order valence-corrected chi connectivity index (χ4v) is 2.48. The van der Waals surface area contributed by atoms with Crippen LogP contribution in [0.25, 0.3) is 0 Å². The van der Waals surface area contributed by atoms with Crippen molar-refractivity contribution in [2.45, 2.75) is 58.4 Å². The lowest BCUT2D eigenvalue weighted by Gasteiger charge is -2.04. The van der Waals surface area contributed by atoms with Crippen molar-refractivity contribution in [3.05, 3.63) is 23.8 Å². The maximum Gasteiger partial charge on any atom is 0.241 e. The van der Waals surface area contributed by atoms with Gasteiger partial charge in [-0.15, -0.1) is 5.10 Å². The third-order valence-corrected chi connectivity index (χ3v) is 3.77. The summed E-state index contributed by atoms with van der Waals surface area (Å²) in [5.41, 5.74) is 7.44. The van der Waals surface area contributed by atoms with E-state index in [0.717, 1.165) is 50.0 Å². The Kier molecular flexibility index (Phi) is 7.25. The van der Waals surface area contributed by atoms with Crippen LogP contribution in [0.5, 0.6) is 0 Å². The van der Waals surface area contributed by atoms with Gasteiger partial charge in [0.2, 0.25) is 5.91 Å². The maximum absolute atomic E-state index is 11.8. The number of nitrogen functional groups attached to an aromatic ring is 1. The van der Waals surface area contributed by atoms with Crippen LogP contribution in [0.15, 0.2) is 12.4 Å². The lowest BCUT2D eigenvalue weighted by molar-refractivity contribution is -0.121. The number of hydrogen-bond donors (Lipinski definition) is 3. The first-order valence-electron chi connectivity index (χ1n) is 8.62. The molecule has 2 heterocycles. The molecular weight excluding hydrogens is 306 g/mol. The summed E-state index contributed by atoms with van der Waals surface area (Å²) < 4.78 is 1.59. The third kappa shape index (κ3) is 6.39. The smallest absolute Gasteiger partial charge is 0.241 e. The maximum atomic E-state index is 11.8. The summed E-state index contributed by atoms with van der Waals surface area (Å²) in [6.45, 7) is 3.12. The molecule has 0 saturated carbocycles. The molecule has 8 heteroatoms. The fraction of sp³-hybridized carbons (Fsp3) is 0.625. The van der Waals surface area contributed by atoms with Gasteiger partial charge in [0.25, 0.3) is 0 Å². The van der Waals surface area contributed by atoms with Crippen molar-refractivity contribution in [1.29, 1.82) is 0 Å². The molecule has 0 unspecified atom stereocenters. The number of unbranched alkanes of at least 4 members (excludes halogenated alkanes) is 3. The van der Waals surface area contributed by atoms with E-state index < -0.39 is 0 Å². The van der Waals surface area contributed by atoms with E-state index in [1.807, 2.05) is 6.20 Å². The highest BCUT2D eigenvalue weighted by atomic mass is 16.2. The standard InChI is InChI=1S/C16H27N7O/c1-2-3-4-5-9-18-15(24)12-23-11-14(21-22-23)8-6-7-13-10-19-16(17)20-13/h10-11H,2-9,12H2,1H3,(H,18,24)(H3,17,19,20). The van der Waals surface area contributed by atoms with Gasteiger partial charge in [-0.1, -0.05) is 31.4 Å². The Morgan fingerprint density at radius 3 is 2.92 bits per heavy atom. The summed E-state index contributed by atoms with van der Waals surface area (Å²) in [4.78, 5) is 18.8. The molecule has 0 aliphatic heterocycles. The van der Waals surface area contributed by atoms with Gasteiger partial charge in [-0.2, -0.15) is 0 Å². The lowest BCUT2D eigenvalue weighted by Crippen LogP contribution is -2.28. The zero-order valence-corrected chi connectivity index (χ0v) is 14.3. The van der Waals surface area contributed by atoms with Gasteiger partial charge < -0.3 is 16.0 Å². The molecule has 1 amide bonds. The molecular formula is C16H27N7O. The van der Waals surface area contributed by atoms with Gasteiger partial charge in [-0.25, -0.2) is 9.67 Å². The normalized spacial score (nSPS) is 10.9. The number of aromatic amines is 1. The summed E-state index contributed by atoms with van der Waals surface area (Å²) >= 11 is 0. The first-order valence-corrected chi connectivity index (χ1v) is 8.62. The summed E-state index contributed by atoms with van der Waals surface area (Å²) in [5, 5.41) is 11.0. The average molecular weight is 333 g/mol. The lowest BCUT2D eigenvalue weighted by atomic mass is 10.2. The van der Waals surface area contributed by atoms with Gasteiger partial charge in [0.05, 0.1) is 11.9 Å². The zero-order chi connectivity index (χ0) is 17.2. The molecule has 2 rings (SSSR count). The quantitative estimate of drug-likeness (QED) is 0.539. The van der Waals surface area contributed by atoms with Crippen LogP contribution in [0.1, 0.15) is 50.4 Å². The van der Waals surface area contributed by atoms with Crippen LogP contribution < -0.4 is 11.1 Å². The molecule has 0 aromatic carbocycles. The zero-order valence-electron chi connectivity index (χ0n) is 14.3. The number of carbonyl (C=O) groups is 1. The number of nitrogens with zero attached hydrogens (tertiary/aromatic N) is 4. The Bertz CT molecular complexity index is 619. The molecule has 2 aromatic heterocycles. The Morgan fingerprint density at radius 2 is 2.17 bits per heavy atom. The van der Waals surface area contributed by atoms with Gasteiger partial charge in [0.15, 0.2) is 5.95 Å². The van der Waals surface area contributed by atoms with E-state index in [-0.39, 0.29) is 12.5 Å². The van der Waals surface area contributed by atoms with Crippen LogP contribution in [0, 0.1) is 0 Å². The van der Waals surface area contributed by atoms with Crippen LogP contribution in [-0.4, -0.2) is 37.4 Å². The largest absolute Gasteiger partial charge is 0.369 e. The second kappa shape index (κ2) is 9.69. The van der Waals surface area contributed by atoms with Gasteiger partial charge >= 0.3 is 0 Å². The van der Waals surface area contributed by atoms with Crippen LogP contribution in [0.4, 0.5) is 5.95 Å². The molecule has 2 aromatic rings. The SMILES string of the molecule is CCCCCCNC(=O)Cn1cc(CCCc2cnc(N)[nH]2)nn1. The number of carbonyl (C=O) groups excluding carboxylic acids is 1. The number of hydrogen-bond acceptors (Lipinski definition) is 5. The second-order valence-corrected chi connectivity index (χ2v) is 5.97. The molecule has 0 bridgehead atoms. The number of anilines is 1. The van der Waals surface area contributed by atoms with E-state index >= 15 is 0 Å². The van der Waals surface area contributed by atoms with E-state index in [1.165, 1.54) is 12.8 Å². The number of aryl methyl sites for hydroxylation is 2. The van der Waals surface area contributed by atoms with E-state index in [9.17, 15) is 4.79 Å². The molecule has 4 N–H and O–H groups in total. The predicted molar refractivity (Wildman–Crippen MR) is 92.2 cm³/mol. The average Bonchev–Trinajstić information content (AvgIpc) is 3.16. The Balaban J connectivity index is 1.64. The Hall–Kier alpha value is -2.38. The first kappa shape index (κ1) is 18.0. The van der Waals surface area contributed by atoms with Crippen LogP contribution in [0.2, 0.25) is 0 Å². The van der Waals surface area contributed by atoms with Gasteiger partial charge in [-0.05, 0) is 25.7 Å². The number of aromatic nitrogens is 5. The molecule has 24 heavy (non-hydrogen) atoms. The summed E-state index contributed by atoms with van der Waals surface area (Å²) in [6, 6.07) is 0. The molecule has 0 aliphatic carbocycles. The van der Waals surface area contributed by atoms with Crippen molar-refractivity contribution >= 4 is 11.9 Å². The summed E-state index contributed by atoms with van der Waals surface area (Å²) in [7, 11) is 0. The van der Waals surface area contributed by atoms with Crippen LogP contribution in [0.3, 0.4) is 0 Å². The van der Waals surface area contributed by atoms with Crippen molar-refractivity contribution in [3.8, 4) is 0 Å². The molecule has 0 atom stereocenters. The number of amides is 1. The minimum Gasteiger partial charge on any atom is -0.369 e. The van der Waals surface area contributed by atoms with Gasteiger partial charge in [-0.3, -0.25) is 4.79 Å². The van der Waals surface area contributed by atoms with Crippen molar-refractivity contribution < 1.29 is 4.79 Å². The van der Waals surface area contributed by atoms with E-state index in [4.69, 9.17) is 5.73 Å². The third-order valence-electron chi connectivity index (χ3n) is 3.77. The monoisotopic (exact) mass is 333 g/mol.